The van der Waals surface area contributed by atoms with Gasteiger partial charge in [0, 0.05) is 23.4 Å². The average Bonchev–Trinajstić information content (AvgIpc) is 3.24. The van der Waals surface area contributed by atoms with E-state index in [4.69, 9.17) is 0 Å². The van der Waals surface area contributed by atoms with Crippen molar-refractivity contribution in [1.29, 1.82) is 0 Å². The normalized spacial score (nSPS) is 16.6. The monoisotopic (exact) mass is 499 g/mol. The van der Waals surface area contributed by atoms with Crippen molar-refractivity contribution in [1.82, 2.24) is 10.4 Å². The van der Waals surface area contributed by atoms with Gasteiger partial charge in [-0.3, -0.25) is 5.01 Å². The van der Waals surface area contributed by atoms with Gasteiger partial charge in [-0.15, -0.1) is 11.8 Å². The van der Waals surface area contributed by atoms with Gasteiger partial charge < -0.3 is 0 Å². The molecule has 3 aromatic rings. The van der Waals surface area contributed by atoms with Crippen molar-refractivity contribution in [3.8, 4) is 11.1 Å². The Hall–Kier alpha value is -3.05. The topological polar surface area (TPSA) is 28.2 Å². The molecule has 1 atom stereocenters. The zero-order valence-corrected chi connectivity index (χ0v) is 18.2. The summed E-state index contributed by atoms with van der Waals surface area (Å²) >= 11 is 1.44. The quantitative estimate of drug-likeness (QED) is 0.313. The summed E-state index contributed by atoms with van der Waals surface area (Å²) in [6.45, 7) is 0. The highest BCUT2D eigenvalue weighted by molar-refractivity contribution is 7.98. The first-order valence-corrected chi connectivity index (χ1v) is 11.0. The number of halogens is 7. The summed E-state index contributed by atoms with van der Waals surface area (Å²) in [7, 11) is 0. The van der Waals surface area contributed by atoms with Crippen LogP contribution in [0.15, 0.2) is 71.9 Å². The number of benzene rings is 2. The standard InChI is InChI=1S/C23H16F7N3S/c1-34-21-8-5-14(12-31-21)13-3-2-4-16(9-13)33-19(17-7-6-15(24)10-18(17)25)11-20(32-33)22(26,27)23(28,29)30/h2-12,20,32H,1H3. The zero-order chi connectivity index (χ0) is 24.7. The minimum atomic E-state index is -5.85. The molecule has 3 nitrogen and oxygen atoms in total. The molecule has 0 saturated heterocycles. The number of hydrazine groups is 1. The molecule has 34 heavy (non-hydrogen) atoms. The van der Waals surface area contributed by atoms with E-state index in [0.717, 1.165) is 22.2 Å². The molecule has 1 aromatic heterocycles. The molecule has 1 N–H and O–H groups in total. The maximum Gasteiger partial charge on any atom is 0.455 e. The van der Waals surface area contributed by atoms with Crippen LogP contribution in [0.25, 0.3) is 16.8 Å². The smallest absolute Gasteiger partial charge is 0.276 e. The number of nitrogens with one attached hydrogen (secondary N) is 1. The minimum Gasteiger partial charge on any atom is -0.276 e. The molecule has 4 rings (SSSR count). The van der Waals surface area contributed by atoms with E-state index in [1.165, 1.54) is 23.9 Å². The van der Waals surface area contributed by atoms with E-state index in [1.54, 1.807) is 30.5 Å². The molecule has 0 aliphatic carbocycles. The van der Waals surface area contributed by atoms with Crippen LogP contribution < -0.4 is 10.4 Å². The molecule has 0 radical (unpaired) electrons. The maximum atomic E-state index is 14.5. The fraction of sp³-hybridized carbons (Fsp3) is 0.174. The molecule has 11 heteroatoms. The summed E-state index contributed by atoms with van der Waals surface area (Å²) < 4.78 is 95.4. The molecule has 0 fully saturated rings. The van der Waals surface area contributed by atoms with Crippen LogP contribution in [0.3, 0.4) is 0 Å². The Bertz CT molecular complexity index is 1230. The summed E-state index contributed by atoms with van der Waals surface area (Å²) in [6.07, 6.45) is -1.81. The molecule has 0 saturated carbocycles. The highest BCUT2D eigenvalue weighted by Gasteiger charge is 2.63. The van der Waals surface area contributed by atoms with Crippen molar-refractivity contribution < 1.29 is 30.7 Å². The molecule has 0 amide bonds. The SMILES string of the molecule is CSc1ccc(-c2cccc(N3NC(C(F)(F)C(F)(F)F)C=C3c3ccc(F)cc3F)c2)cn1. The minimum absolute atomic E-state index is 0.168. The number of anilines is 1. The third-order valence-electron chi connectivity index (χ3n) is 5.19. The number of rotatable bonds is 5. The van der Waals surface area contributed by atoms with Crippen molar-refractivity contribution in [2.75, 3.05) is 11.3 Å². The van der Waals surface area contributed by atoms with E-state index in [2.05, 4.69) is 10.4 Å². The second-order valence-electron chi connectivity index (χ2n) is 7.38. The molecule has 178 valence electrons. The van der Waals surface area contributed by atoms with Crippen LogP contribution in [-0.4, -0.2) is 29.4 Å². The highest BCUT2D eigenvalue weighted by Crippen LogP contribution is 2.43. The first kappa shape index (κ1) is 24.1. The van der Waals surface area contributed by atoms with Crippen molar-refractivity contribution >= 4 is 23.1 Å². The molecule has 2 aromatic carbocycles. The van der Waals surface area contributed by atoms with Gasteiger partial charge in [-0.1, -0.05) is 18.2 Å². The fourth-order valence-corrected chi connectivity index (χ4v) is 3.82. The van der Waals surface area contributed by atoms with Crippen LogP contribution in [0.4, 0.5) is 36.4 Å². The predicted molar refractivity (Wildman–Crippen MR) is 116 cm³/mol. The summed E-state index contributed by atoms with van der Waals surface area (Å²) in [4.78, 5) is 4.27. The van der Waals surface area contributed by atoms with E-state index < -0.39 is 29.8 Å². The van der Waals surface area contributed by atoms with Gasteiger partial charge in [0.15, 0.2) is 0 Å². The number of aromatic nitrogens is 1. The van der Waals surface area contributed by atoms with Crippen LogP contribution >= 0.6 is 11.8 Å². The summed E-state index contributed by atoms with van der Waals surface area (Å²) in [6, 6.07) is 9.72. The van der Waals surface area contributed by atoms with Crippen molar-refractivity contribution in [3.63, 3.8) is 0 Å². The number of alkyl halides is 5. The molecule has 1 aliphatic heterocycles. The molecule has 0 bridgehead atoms. The second kappa shape index (κ2) is 8.95. The summed E-state index contributed by atoms with van der Waals surface area (Å²) in [5, 5.41) is 1.71. The summed E-state index contributed by atoms with van der Waals surface area (Å²) in [5.41, 5.74) is 2.93. The van der Waals surface area contributed by atoms with E-state index in [9.17, 15) is 30.7 Å². The molecule has 1 aliphatic rings. The lowest BCUT2D eigenvalue weighted by Crippen LogP contribution is -2.54. The van der Waals surface area contributed by atoms with E-state index in [-0.39, 0.29) is 16.9 Å². The number of nitrogens with zero attached hydrogens (tertiary/aromatic N) is 2. The van der Waals surface area contributed by atoms with Gasteiger partial charge in [-0.05, 0) is 48.2 Å². The van der Waals surface area contributed by atoms with Gasteiger partial charge in [-0.2, -0.15) is 22.0 Å². The van der Waals surface area contributed by atoms with E-state index in [0.29, 0.717) is 23.3 Å². The van der Waals surface area contributed by atoms with Gasteiger partial charge in [0.2, 0.25) is 0 Å². The molecular formula is C23H16F7N3S. The Labute approximate surface area is 194 Å². The number of hydrogen-bond donors (Lipinski definition) is 1. The highest BCUT2D eigenvalue weighted by atomic mass is 32.2. The second-order valence-corrected chi connectivity index (χ2v) is 8.21. The Kier molecular flexibility index (Phi) is 6.34. The van der Waals surface area contributed by atoms with E-state index >= 15 is 0 Å². The lowest BCUT2D eigenvalue weighted by atomic mass is 10.1. The Morgan fingerprint density at radius 2 is 1.71 bits per heavy atom. The third kappa shape index (κ3) is 4.49. The number of hydrogen-bond acceptors (Lipinski definition) is 4. The molecule has 1 unspecified atom stereocenters. The first-order chi connectivity index (χ1) is 16.0. The van der Waals surface area contributed by atoms with Crippen LogP contribution in [-0.2, 0) is 0 Å². The molecule has 2 heterocycles. The molecule has 0 spiro atoms. The average molecular weight is 499 g/mol. The van der Waals surface area contributed by atoms with Crippen LogP contribution in [0, 0.1) is 11.6 Å². The maximum absolute atomic E-state index is 14.5. The molecular weight excluding hydrogens is 483 g/mol. The first-order valence-electron chi connectivity index (χ1n) is 9.80. The lowest BCUT2D eigenvalue weighted by molar-refractivity contribution is -0.287. The Balaban J connectivity index is 1.78. The van der Waals surface area contributed by atoms with Gasteiger partial charge >= 0.3 is 12.1 Å². The Morgan fingerprint density at radius 1 is 0.941 bits per heavy atom. The summed E-state index contributed by atoms with van der Waals surface area (Å²) in [5.74, 6) is -7.18. The van der Waals surface area contributed by atoms with Gasteiger partial charge in [0.25, 0.3) is 0 Å². The number of pyridine rings is 1. The van der Waals surface area contributed by atoms with Gasteiger partial charge in [0.1, 0.15) is 17.7 Å². The van der Waals surface area contributed by atoms with Crippen LogP contribution in [0.5, 0.6) is 0 Å². The lowest BCUT2D eigenvalue weighted by Gasteiger charge is -2.28. The van der Waals surface area contributed by atoms with Crippen molar-refractivity contribution in [2.24, 2.45) is 0 Å². The van der Waals surface area contributed by atoms with Crippen LogP contribution in [0.1, 0.15) is 5.56 Å². The van der Waals surface area contributed by atoms with Crippen molar-refractivity contribution in [2.45, 2.75) is 23.2 Å². The van der Waals surface area contributed by atoms with Crippen LogP contribution in [0.2, 0.25) is 0 Å². The zero-order valence-electron chi connectivity index (χ0n) is 17.4. The number of thioether (sulfide) groups is 1. The largest absolute Gasteiger partial charge is 0.455 e. The van der Waals surface area contributed by atoms with E-state index in [1.807, 2.05) is 6.26 Å². The predicted octanol–water partition coefficient (Wildman–Crippen LogP) is 6.68. The van der Waals surface area contributed by atoms with Gasteiger partial charge in [-0.25, -0.2) is 19.2 Å². The third-order valence-corrected chi connectivity index (χ3v) is 5.85. The Morgan fingerprint density at radius 3 is 2.32 bits per heavy atom. The van der Waals surface area contributed by atoms with Gasteiger partial charge in [0.05, 0.1) is 16.4 Å². The fourth-order valence-electron chi connectivity index (χ4n) is 3.46. The van der Waals surface area contributed by atoms with Crippen molar-refractivity contribution in [3.05, 3.63) is 84.1 Å².